The minimum atomic E-state index is -2.61. The van der Waals surface area contributed by atoms with Gasteiger partial charge >= 0.3 is 11.9 Å². The molecule has 0 radical (unpaired) electrons. The number of carbonyl (C=O) groups excluding carboxylic acids is 1. The number of nitrogens with one attached hydrogen (secondary N) is 1. The first kappa shape index (κ1) is 30.7. The monoisotopic (exact) mass is 577 g/mol. The number of Topliss-reactive ketones (excluding diaryl/α,β-unsaturated/α-hetero) is 1. The van der Waals surface area contributed by atoms with Gasteiger partial charge in [-0.05, 0) is 103 Å². The zero-order chi connectivity index (χ0) is 30.4. The predicted molar refractivity (Wildman–Crippen MR) is 155 cm³/mol. The number of phenols is 1. The van der Waals surface area contributed by atoms with E-state index in [1.807, 2.05) is 55.5 Å². The van der Waals surface area contributed by atoms with Crippen molar-refractivity contribution in [3.8, 4) is 5.75 Å². The van der Waals surface area contributed by atoms with Gasteiger partial charge in [-0.3, -0.25) is 13.9 Å². The highest BCUT2D eigenvalue weighted by atomic mass is 32.2. The zero-order valence-corrected chi connectivity index (χ0v) is 23.0. The molecule has 212 valence electrons. The van der Waals surface area contributed by atoms with Gasteiger partial charge < -0.3 is 20.6 Å². The molecule has 0 aliphatic heterocycles. The molecule has 3 aromatic carbocycles. The number of carbonyl (C=O) groups is 3. The molecule has 6 N–H and O–H groups in total. The van der Waals surface area contributed by atoms with Crippen molar-refractivity contribution in [1.82, 2.24) is 0 Å². The summed E-state index contributed by atoms with van der Waals surface area (Å²) in [6.07, 6.45) is 2.89. The maximum Gasteiger partial charge on any atom is 0.339 e. The lowest BCUT2D eigenvalue weighted by atomic mass is 9.85. The van der Waals surface area contributed by atoms with Gasteiger partial charge in [-0.2, -0.15) is 4.21 Å². The van der Waals surface area contributed by atoms with Crippen molar-refractivity contribution in [2.24, 2.45) is 0 Å². The Morgan fingerprint density at radius 3 is 1.83 bits per heavy atom. The number of anilines is 2. The van der Waals surface area contributed by atoms with Crippen molar-refractivity contribution < 1.29 is 43.0 Å². The summed E-state index contributed by atoms with van der Waals surface area (Å²) in [5.41, 5.74) is 4.91. The van der Waals surface area contributed by atoms with Gasteiger partial charge in [-0.15, -0.1) is 0 Å². The van der Waals surface area contributed by atoms with Crippen molar-refractivity contribution in [1.29, 1.82) is 0 Å². The smallest absolute Gasteiger partial charge is 0.339 e. The van der Waals surface area contributed by atoms with E-state index in [1.54, 1.807) is 19.1 Å². The summed E-state index contributed by atoms with van der Waals surface area (Å²) < 4.78 is 22.8. The first-order valence-electron chi connectivity index (χ1n) is 12.0. The van der Waals surface area contributed by atoms with Crippen LogP contribution < -0.4 is 5.32 Å². The number of aromatic hydroxyl groups is 1. The molecule has 1 aliphatic rings. The summed E-state index contributed by atoms with van der Waals surface area (Å²) >= 11 is -2.61. The molecule has 0 saturated heterocycles. The molecule has 0 bridgehead atoms. The summed E-state index contributed by atoms with van der Waals surface area (Å²) in [7, 11) is 0. The molecule has 41 heavy (non-hydrogen) atoms. The summed E-state index contributed by atoms with van der Waals surface area (Å²) in [5.74, 6) is -3.57. The third-order valence-corrected chi connectivity index (χ3v) is 6.13. The van der Waals surface area contributed by atoms with Gasteiger partial charge in [-0.1, -0.05) is 29.8 Å². The van der Waals surface area contributed by atoms with Crippen LogP contribution in [0.15, 0.2) is 89.5 Å². The number of hydrogen-bond acceptors (Lipinski definition) is 6. The number of carboxylic acid groups (broad SMARTS) is 2. The fraction of sp³-hybridized carbons (Fsp3) is 0.100. The van der Waals surface area contributed by atoms with Crippen LogP contribution in [0.1, 0.15) is 39.5 Å². The Labute approximate surface area is 238 Å². The first-order valence-corrected chi connectivity index (χ1v) is 13.1. The van der Waals surface area contributed by atoms with Gasteiger partial charge in [0.25, 0.3) is 11.4 Å². The molecule has 0 spiro atoms. The van der Waals surface area contributed by atoms with Crippen LogP contribution in [0.4, 0.5) is 11.4 Å². The van der Waals surface area contributed by atoms with Gasteiger partial charge in [0.05, 0.1) is 0 Å². The van der Waals surface area contributed by atoms with Crippen molar-refractivity contribution in [3.05, 3.63) is 117 Å². The maximum atomic E-state index is 12.4. The minimum Gasteiger partial charge on any atom is -0.507 e. The maximum absolute atomic E-state index is 12.4. The number of rotatable bonds is 6. The van der Waals surface area contributed by atoms with Crippen LogP contribution in [-0.4, -0.2) is 46.4 Å². The molecule has 0 aromatic heterocycles. The number of hydrogen-bond donors (Lipinski definition) is 6. The molecule has 4 rings (SSSR count). The van der Waals surface area contributed by atoms with Crippen LogP contribution in [0, 0.1) is 13.8 Å². The van der Waals surface area contributed by atoms with Crippen LogP contribution in [0.25, 0.3) is 5.57 Å². The molecule has 0 unspecified atom stereocenters. The third kappa shape index (κ3) is 7.63. The summed E-state index contributed by atoms with van der Waals surface area (Å²) in [6, 6.07) is 18.3. The molecule has 1 aliphatic carbocycles. The van der Waals surface area contributed by atoms with Gasteiger partial charge in [0.15, 0.2) is 5.78 Å². The molecule has 3 aromatic rings. The lowest BCUT2D eigenvalue weighted by Gasteiger charge is -2.18. The lowest BCUT2D eigenvalue weighted by molar-refractivity contribution is -0.134. The molecule has 0 heterocycles. The standard InChI is InChI=1S/C30H25NO6.H2O3S/c1-16-4-8-22(9-5-16)31-23-10-6-19(7-11-23)26(20-12-17(2)27(32)24(14-20)29(34)35)21-13-18(3)28(33)25(15-21)30(36)37;1-4(2)3/h4-15,31-32H,1-3H3,(H,34,35)(H,36,37);(H2,1,2,3). The highest BCUT2D eigenvalue weighted by Crippen LogP contribution is 2.36. The Bertz CT molecular complexity index is 1630. The normalized spacial score (nSPS) is 14.0. The SMILES string of the molecule is CC1=CC(=C(c2ccc(Nc3ccc(C)cc3)cc2)c2cc(C)c(O)c(C(=O)O)c2)C=C(C(=O)O)C1=O.O=S(O)O. The average Bonchev–Trinajstić information content (AvgIpc) is 2.89. The predicted octanol–water partition coefficient (Wildman–Crippen LogP) is 5.47. The molecule has 0 amide bonds. The second-order valence-electron chi connectivity index (χ2n) is 9.14. The van der Waals surface area contributed by atoms with Crippen molar-refractivity contribution in [2.75, 3.05) is 5.32 Å². The Balaban J connectivity index is 0.00000108. The zero-order valence-electron chi connectivity index (χ0n) is 22.2. The molecule has 0 fully saturated rings. The van der Waals surface area contributed by atoms with Crippen LogP contribution in [0.3, 0.4) is 0 Å². The van der Waals surface area contributed by atoms with E-state index in [1.165, 1.54) is 19.1 Å². The number of benzene rings is 3. The van der Waals surface area contributed by atoms with E-state index >= 15 is 0 Å². The Hall–Kier alpha value is -4.84. The van der Waals surface area contributed by atoms with Crippen LogP contribution in [-0.2, 0) is 21.0 Å². The molecular weight excluding hydrogens is 550 g/mol. The number of aryl methyl sites for hydroxylation is 2. The van der Waals surface area contributed by atoms with E-state index in [-0.39, 0.29) is 22.5 Å². The molecule has 0 saturated carbocycles. The average molecular weight is 578 g/mol. The highest BCUT2D eigenvalue weighted by Gasteiger charge is 2.25. The fourth-order valence-corrected chi connectivity index (χ4v) is 4.19. The Morgan fingerprint density at radius 2 is 1.32 bits per heavy atom. The number of allylic oxidation sites excluding steroid dienone is 4. The number of aromatic carboxylic acids is 1. The Morgan fingerprint density at radius 1 is 0.780 bits per heavy atom. The summed E-state index contributed by atoms with van der Waals surface area (Å²) in [4.78, 5) is 36.0. The minimum absolute atomic E-state index is 0.249. The van der Waals surface area contributed by atoms with Gasteiger partial charge in [-0.25, -0.2) is 9.59 Å². The summed E-state index contributed by atoms with van der Waals surface area (Å²) in [5, 5.41) is 32.8. The highest BCUT2D eigenvalue weighted by molar-refractivity contribution is 7.73. The van der Waals surface area contributed by atoms with Gasteiger partial charge in [0.1, 0.15) is 16.9 Å². The largest absolute Gasteiger partial charge is 0.507 e. The Kier molecular flexibility index (Phi) is 9.74. The van der Waals surface area contributed by atoms with E-state index in [0.29, 0.717) is 27.8 Å². The van der Waals surface area contributed by atoms with Crippen LogP contribution in [0.5, 0.6) is 5.75 Å². The number of aliphatic carboxylic acids is 1. The van der Waals surface area contributed by atoms with Gasteiger partial charge in [0.2, 0.25) is 0 Å². The molecular formula is C30H27NO9S. The second-order valence-corrected chi connectivity index (χ2v) is 9.60. The first-order chi connectivity index (χ1) is 19.3. The molecule has 11 heteroatoms. The second kappa shape index (κ2) is 13.0. The van der Waals surface area contributed by atoms with Crippen LogP contribution in [0.2, 0.25) is 0 Å². The molecule has 10 nitrogen and oxygen atoms in total. The van der Waals surface area contributed by atoms with E-state index in [4.69, 9.17) is 13.3 Å². The van der Waals surface area contributed by atoms with E-state index < -0.39 is 29.1 Å². The van der Waals surface area contributed by atoms with Gasteiger partial charge in [0, 0.05) is 11.4 Å². The lowest BCUT2D eigenvalue weighted by Crippen LogP contribution is -2.17. The summed E-state index contributed by atoms with van der Waals surface area (Å²) in [6.45, 7) is 5.13. The van der Waals surface area contributed by atoms with Crippen molar-refractivity contribution >= 4 is 46.0 Å². The fourth-order valence-electron chi connectivity index (χ4n) is 4.19. The van der Waals surface area contributed by atoms with E-state index in [9.17, 15) is 29.7 Å². The topological polar surface area (TPSA) is 181 Å². The van der Waals surface area contributed by atoms with Crippen molar-refractivity contribution in [3.63, 3.8) is 0 Å². The van der Waals surface area contributed by atoms with Crippen LogP contribution >= 0.6 is 0 Å². The van der Waals surface area contributed by atoms with Crippen molar-refractivity contribution in [2.45, 2.75) is 20.8 Å². The molecule has 0 atom stereocenters. The van der Waals surface area contributed by atoms with E-state index in [0.717, 1.165) is 16.9 Å². The third-order valence-electron chi connectivity index (χ3n) is 6.13. The number of ketones is 1. The quantitative estimate of drug-likeness (QED) is 0.162. The number of carboxylic acids is 2. The van der Waals surface area contributed by atoms with E-state index in [2.05, 4.69) is 5.32 Å².